The molecular weight excluding hydrogens is 247 g/mol. The van der Waals surface area contributed by atoms with Crippen molar-refractivity contribution < 1.29 is 8.42 Å². The topological polar surface area (TPSA) is 52.0 Å². The number of halogens is 2. The maximum Gasteiger partial charge on any atom is 0.266 e. The van der Waals surface area contributed by atoms with Crippen molar-refractivity contribution in [2.24, 2.45) is 0 Å². The van der Waals surface area contributed by atoms with E-state index in [0.717, 1.165) is 12.8 Å². The number of rotatable bonds is 1. The number of nitrogens with zero attached hydrogens (tertiary/aromatic N) is 2. The van der Waals surface area contributed by atoms with Crippen molar-refractivity contribution in [3.8, 4) is 0 Å². The first kappa shape index (κ1) is 10.3. The van der Waals surface area contributed by atoms with E-state index in [1.54, 1.807) is 4.68 Å². The Morgan fingerprint density at radius 1 is 1.36 bits per heavy atom. The second-order valence-electron chi connectivity index (χ2n) is 3.18. The molecule has 0 amide bonds. The summed E-state index contributed by atoms with van der Waals surface area (Å²) in [6.45, 7) is 0.710. The molecule has 78 valence electrons. The molecule has 7 heteroatoms. The van der Waals surface area contributed by atoms with Gasteiger partial charge in [0, 0.05) is 17.2 Å². The third-order valence-electron chi connectivity index (χ3n) is 2.25. The van der Waals surface area contributed by atoms with Crippen LogP contribution in [0.5, 0.6) is 0 Å². The summed E-state index contributed by atoms with van der Waals surface area (Å²) in [5.41, 5.74) is 0.635. The van der Waals surface area contributed by atoms with E-state index in [9.17, 15) is 8.42 Å². The van der Waals surface area contributed by atoms with Crippen LogP contribution in [0.4, 0.5) is 0 Å². The highest BCUT2D eigenvalue weighted by atomic mass is 35.7. The zero-order chi connectivity index (χ0) is 10.3. The van der Waals surface area contributed by atoms with Crippen LogP contribution in [0.15, 0.2) is 4.90 Å². The fraction of sp³-hybridized carbons (Fsp3) is 0.571. The van der Waals surface area contributed by atoms with Crippen molar-refractivity contribution >= 4 is 31.3 Å². The number of fused-ring (bicyclic) bond motifs is 1. The monoisotopic (exact) mass is 254 g/mol. The van der Waals surface area contributed by atoms with Gasteiger partial charge < -0.3 is 0 Å². The van der Waals surface area contributed by atoms with Gasteiger partial charge in [0.15, 0.2) is 5.15 Å². The quantitative estimate of drug-likeness (QED) is 0.719. The molecule has 0 atom stereocenters. The van der Waals surface area contributed by atoms with E-state index in [1.165, 1.54) is 0 Å². The molecule has 1 aromatic rings. The maximum absolute atomic E-state index is 11.2. The van der Waals surface area contributed by atoms with Crippen LogP contribution in [0.3, 0.4) is 0 Å². The van der Waals surface area contributed by atoms with Gasteiger partial charge in [-0.3, -0.25) is 4.68 Å². The molecule has 0 aromatic carbocycles. The van der Waals surface area contributed by atoms with Crippen LogP contribution >= 0.6 is 22.3 Å². The third-order valence-corrected chi connectivity index (χ3v) is 4.00. The molecule has 2 heterocycles. The molecule has 0 bridgehead atoms. The highest BCUT2D eigenvalue weighted by Gasteiger charge is 2.27. The van der Waals surface area contributed by atoms with Gasteiger partial charge in [-0.05, 0) is 19.3 Å². The smallest absolute Gasteiger partial charge is 0.266 e. The summed E-state index contributed by atoms with van der Waals surface area (Å²) in [6.07, 6.45) is 2.61. The van der Waals surface area contributed by atoms with Crippen LogP contribution in [0.1, 0.15) is 18.5 Å². The van der Waals surface area contributed by atoms with Crippen molar-refractivity contribution in [1.82, 2.24) is 9.78 Å². The van der Waals surface area contributed by atoms with Gasteiger partial charge in [-0.15, -0.1) is 0 Å². The zero-order valence-electron chi connectivity index (χ0n) is 7.20. The number of hydrogen-bond donors (Lipinski definition) is 0. The first-order valence-electron chi connectivity index (χ1n) is 4.20. The van der Waals surface area contributed by atoms with Crippen molar-refractivity contribution in [3.63, 3.8) is 0 Å². The minimum atomic E-state index is -3.77. The number of hydrogen-bond acceptors (Lipinski definition) is 3. The van der Waals surface area contributed by atoms with E-state index in [4.69, 9.17) is 22.3 Å². The molecule has 0 unspecified atom stereocenters. The lowest BCUT2D eigenvalue weighted by Crippen LogP contribution is -2.12. The fourth-order valence-electron chi connectivity index (χ4n) is 1.67. The van der Waals surface area contributed by atoms with Crippen LogP contribution in [-0.4, -0.2) is 18.2 Å². The third kappa shape index (κ3) is 1.64. The van der Waals surface area contributed by atoms with E-state index in [2.05, 4.69) is 5.10 Å². The van der Waals surface area contributed by atoms with E-state index in [-0.39, 0.29) is 10.0 Å². The van der Waals surface area contributed by atoms with Crippen LogP contribution < -0.4 is 0 Å². The van der Waals surface area contributed by atoms with E-state index in [0.29, 0.717) is 18.7 Å². The Hall–Kier alpha value is -0.260. The van der Waals surface area contributed by atoms with Gasteiger partial charge in [0.05, 0.1) is 5.69 Å². The standard InChI is InChI=1S/C7H8Cl2N2O2S/c8-7-6(14(9,12)13)5-3-1-2-4-11(5)10-7/h1-4H2. The Labute approximate surface area is 91.2 Å². The molecule has 0 fully saturated rings. The molecule has 4 nitrogen and oxygen atoms in total. The Kier molecular flexibility index (Phi) is 2.49. The SMILES string of the molecule is O=S(=O)(Cl)c1c(Cl)nn2c1CCCC2. The van der Waals surface area contributed by atoms with Gasteiger partial charge in [-0.25, -0.2) is 8.42 Å². The lowest BCUT2D eigenvalue weighted by Gasteiger charge is -2.13. The zero-order valence-corrected chi connectivity index (χ0v) is 9.53. The second kappa shape index (κ2) is 3.40. The molecule has 1 aromatic heterocycles. The number of aryl methyl sites for hydroxylation is 1. The lowest BCUT2D eigenvalue weighted by atomic mass is 10.1. The summed E-state index contributed by atoms with van der Waals surface area (Å²) >= 11 is 5.72. The summed E-state index contributed by atoms with van der Waals surface area (Å²) < 4.78 is 24.1. The highest BCUT2D eigenvalue weighted by molar-refractivity contribution is 8.13. The Morgan fingerprint density at radius 2 is 2.07 bits per heavy atom. The van der Waals surface area contributed by atoms with Gasteiger partial charge in [0.1, 0.15) is 4.90 Å². The lowest BCUT2D eigenvalue weighted by molar-refractivity contribution is 0.481. The largest absolute Gasteiger partial charge is 0.267 e. The Balaban J connectivity index is 2.65. The first-order valence-corrected chi connectivity index (χ1v) is 6.89. The van der Waals surface area contributed by atoms with Gasteiger partial charge in [0.2, 0.25) is 0 Å². The van der Waals surface area contributed by atoms with Crippen LogP contribution in [0.25, 0.3) is 0 Å². The predicted octanol–water partition coefficient (Wildman–Crippen LogP) is 1.80. The predicted molar refractivity (Wildman–Crippen MR) is 53.2 cm³/mol. The van der Waals surface area contributed by atoms with Crippen molar-refractivity contribution in [2.45, 2.75) is 30.7 Å². The van der Waals surface area contributed by atoms with Crippen LogP contribution in [0, 0.1) is 0 Å². The summed E-state index contributed by atoms with van der Waals surface area (Å²) in [5.74, 6) is 0. The average Bonchev–Trinajstić information content (AvgIpc) is 2.38. The molecule has 0 saturated carbocycles. The molecule has 2 rings (SSSR count). The normalized spacial score (nSPS) is 16.7. The molecule has 1 aliphatic rings. The fourth-order valence-corrected chi connectivity index (χ4v) is 3.51. The van der Waals surface area contributed by atoms with Crippen molar-refractivity contribution in [3.05, 3.63) is 10.8 Å². The Bertz CT molecular complexity index is 466. The van der Waals surface area contributed by atoms with Gasteiger partial charge in [-0.1, -0.05) is 11.6 Å². The average molecular weight is 255 g/mol. The number of aromatic nitrogens is 2. The van der Waals surface area contributed by atoms with Crippen molar-refractivity contribution in [1.29, 1.82) is 0 Å². The maximum atomic E-state index is 11.2. The van der Waals surface area contributed by atoms with E-state index < -0.39 is 9.05 Å². The highest BCUT2D eigenvalue weighted by Crippen LogP contribution is 2.31. The van der Waals surface area contributed by atoms with Crippen molar-refractivity contribution in [2.75, 3.05) is 0 Å². The summed E-state index contributed by atoms with van der Waals surface area (Å²) in [6, 6.07) is 0. The van der Waals surface area contributed by atoms with Gasteiger partial charge >= 0.3 is 0 Å². The first-order chi connectivity index (χ1) is 6.50. The minimum Gasteiger partial charge on any atom is -0.267 e. The summed E-state index contributed by atoms with van der Waals surface area (Å²) in [4.78, 5) is -0.0134. The van der Waals surface area contributed by atoms with Crippen LogP contribution in [-0.2, 0) is 22.0 Å². The molecule has 1 aliphatic heterocycles. The molecule has 0 aliphatic carbocycles. The minimum absolute atomic E-state index is 0.0134. The van der Waals surface area contributed by atoms with Crippen LogP contribution in [0.2, 0.25) is 5.15 Å². The molecule has 14 heavy (non-hydrogen) atoms. The molecule has 0 spiro atoms. The van der Waals surface area contributed by atoms with Gasteiger partial charge in [0.25, 0.3) is 9.05 Å². The Morgan fingerprint density at radius 3 is 2.71 bits per heavy atom. The van der Waals surface area contributed by atoms with E-state index >= 15 is 0 Å². The van der Waals surface area contributed by atoms with E-state index in [1.807, 2.05) is 0 Å². The summed E-state index contributed by atoms with van der Waals surface area (Å²) in [5, 5.41) is 3.92. The molecule has 0 N–H and O–H groups in total. The van der Waals surface area contributed by atoms with Gasteiger partial charge in [-0.2, -0.15) is 5.10 Å². The molecule has 0 radical (unpaired) electrons. The molecular formula is C7H8Cl2N2O2S. The second-order valence-corrected chi connectivity index (χ2v) is 6.05. The summed E-state index contributed by atoms with van der Waals surface area (Å²) in [7, 11) is 1.50. The molecule has 0 saturated heterocycles.